The fraction of sp³-hybridized carbons (Fsp3) is 0.450. The minimum absolute atomic E-state index is 0. The van der Waals surface area contributed by atoms with Crippen molar-refractivity contribution in [1.82, 2.24) is 29.7 Å². The lowest BCUT2D eigenvalue weighted by molar-refractivity contribution is 0.573. The van der Waals surface area contributed by atoms with Gasteiger partial charge in [-0.05, 0) is 63.0 Å². The maximum Gasteiger partial charge on any atom is 0.0784 e. The molecule has 4 heterocycles. The van der Waals surface area contributed by atoms with E-state index in [1.165, 1.54) is 95.0 Å². The second-order valence-corrected chi connectivity index (χ2v) is 12.8. The maximum absolute atomic E-state index is 4.86. The van der Waals surface area contributed by atoms with Gasteiger partial charge in [0.25, 0.3) is 0 Å². The van der Waals surface area contributed by atoms with Gasteiger partial charge in [0.05, 0.1) is 22.4 Å². The van der Waals surface area contributed by atoms with Gasteiger partial charge in [-0.1, -0.05) is 88.8 Å². The monoisotopic (exact) mass is 652 g/mol. The van der Waals surface area contributed by atoms with Crippen molar-refractivity contribution < 1.29 is 0 Å². The van der Waals surface area contributed by atoms with Crippen LogP contribution < -0.4 is 10.6 Å². The molecule has 0 spiro atoms. The summed E-state index contributed by atoms with van der Waals surface area (Å²) >= 11 is 0. The lowest BCUT2D eigenvalue weighted by Gasteiger charge is -2.12. The molecule has 0 amide bonds. The van der Waals surface area contributed by atoms with E-state index < -0.39 is 0 Å². The Morgan fingerprint density at radius 2 is 0.957 bits per heavy atom. The zero-order chi connectivity index (χ0) is 31.6. The molecular weight excluding hydrogens is 600 g/mol. The Labute approximate surface area is 286 Å². The second-order valence-electron chi connectivity index (χ2n) is 12.8. The number of aromatic nitrogens is 4. The number of rotatable bonds is 19. The standard InChI is InChI=1S/C40H52N6.ClH/c1-3-5-7-15-27-45-37-19-11-9-17-31(37)33-21-25-43-35(39(33)45)29-41-23-13-14-24-42-30-36-40-34(22-26-44-36)32-18-10-12-20-38(32)46(40)28-16-8-6-4-2;/h9-12,17-22,25-26,41-42H,3-8,13-16,23-24,27-30H2,1-2H3;1H. The molecule has 47 heavy (non-hydrogen) atoms. The molecule has 2 N–H and O–H groups in total. The summed E-state index contributed by atoms with van der Waals surface area (Å²) in [6.45, 7) is 10.2. The first-order valence-electron chi connectivity index (χ1n) is 17.9. The smallest absolute Gasteiger partial charge is 0.0784 e. The number of benzene rings is 2. The van der Waals surface area contributed by atoms with Crippen molar-refractivity contribution in [2.24, 2.45) is 0 Å². The normalized spacial score (nSPS) is 11.7. The number of nitrogens with zero attached hydrogens (tertiary/aromatic N) is 4. The van der Waals surface area contributed by atoms with E-state index in [0.717, 1.165) is 63.5 Å². The fourth-order valence-electron chi connectivity index (χ4n) is 7.18. The predicted molar refractivity (Wildman–Crippen MR) is 203 cm³/mol. The highest BCUT2D eigenvalue weighted by Crippen LogP contribution is 2.32. The molecule has 6 nitrogen and oxygen atoms in total. The third-order valence-electron chi connectivity index (χ3n) is 9.52. The molecule has 6 rings (SSSR count). The minimum atomic E-state index is 0. The molecule has 6 aromatic rings. The number of halogens is 1. The van der Waals surface area contributed by atoms with Crippen LogP contribution in [0.1, 0.15) is 89.4 Å². The van der Waals surface area contributed by atoms with Crippen molar-refractivity contribution >= 4 is 56.0 Å². The Morgan fingerprint density at radius 1 is 0.511 bits per heavy atom. The predicted octanol–water partition coefficient (Wildman–Crippen LogP) is 9.93. The highest BCUT2D eigenvalue weighted by Gasteiger charge is 2.16. The lowest BCUT2D eigenvalue weighted by Crippen LogP contribution is -2.20. The Bertz CT molecular complexity index is 1720. The summed E-state index contributed by atoms with van der Waals surface area (Å²) in [7, 11) is 0. The third kappa shape index (κ3) is 7.99. The molecule has 0 atom stereocenters. The minimum Gasteiger partial charge on any atom is -0.339 e. The van der Waals surface area contributed by atoms with E-state index in [2.05, 4.69) is 94.3 Å². The molecule has 0 fully saturated rings. The van der Waals surface area contributed by atoms with Gasteiger partial charge in [-0.2, -0.15) is 0 Å². The molecule has 0 unspecified atom stereocenters. The third-order valence-corrected chi connectivity index (χ3v) is 9.52. The van der Waals surface area contributed by atoms with Gasteiger partial charge < -0.3 is 19.8 Å². The molecular formula is C40H53ClN6. The molecule has 0 radical (unpaired) electrons. The molecule has 0 saturated heterocycles. The molecule has 250 valence electrons. The molecule has 0 bridgehead atoms. The highest BCUT2D eigenvalue weighted by atomic mass is 35.5. The number of nitrogens with one attached hydrogen (secondary N) is 2. The first-order valence-corrected chi connectivity index (χ1v) is 17.9. The van der Waals surface area contributed by atoms with Gasteiger partial charge >= 0.3 is 0 Å². The van der Waals surface area contributed by atoms with E-state index >= 15 is 0 Å². The topological polar surface area (TPSA) is 59.7 Å². The van der Waals surface area contributed by atoms with Gasteiger partial charge in [-0.3, -0.25) is 9.97 Å². The van der Waals surface area contributed by atoms with Crippen molar-refractivity contribution in [3.63, 3.8) is 0 Å². The first kappa shape index (κ1) is 34.9. The van der Waals surface area contributed by atoms with E-state index in [4.69, 9.17) is 9.97 Å². The number of aryl methyl sites for hydroxylation is 2. The summed E-state index contributed by atoms with van der Waals surface area (Å²) in [4.78, 5) is 9.72. The van der Waals surface area contributed by atoms with Gasteiger partial charge in [0.2, 0.25) is 0 Å². The Hall–Kier alpha value is -3.45. The number of hydrogen-bond acceptors (Lipinski definition) is 4. The number of fused-ring (bicyclic) bond motifs is 6. The second kappa shape index (κ2) is 17.6. The Kier molecular flexibility index (Phi) is 13.1. The molecule has 0 aliphatic heterocycles. The van der Waals surface area contributed by atoms with Crippen LogP contribution >= 0.6 is 12.4 Å². The zero-order valence-corrected chi connectivity index (χ0v) is 29.3. The molecule has 2 aromatic carbocycles. The Balaban J connectivity index is 0.00000433. The fourth-order valence-corrected chi connectivity index (χ4v) is 7.18. The van der Waals surface area contributed by atoms with Gasteiger partial charge in [0.15, 0.2) is 0 Å². The number of para-hydroxylation sites is 2. The van der Waals surface area contributed by atoms with Crippen LogP contribution in [-0.2, 0) is 26.2 Å². The molecule has 0 saturated carbocycles. The summed E-state index contributed by atoms with van der Waals surface area (Å²) < 4.78 is 5.04. The highest BCUT2D eigenvalue weighted by molar-refractivity contribution is 6.09. The summed E-state index contributed by atoms with van der Waals surface area (Å²) in [5, 5.41) is 12.7. The van der Waals surface area contributed by atoms with Crippen LogP contribution in [0.5, 0.6) is 0 Å². The van der Waals surface area contributed by atoms with Crippen LogP contribution in [0.15, 0.2) is 73.1 Å². The van der Waals surface area contributed by atoms with E-state index in [9.17, 15) is 0 Å². The Morgan fingerprint density at radius 3 is 1.40 bits per heavy atom. The first-order chi connectivity index (χ1) is 22.8. The van der Waals surface area contributed by atoms with Gasteiger partial charge in [0, 0.05) is 71.2 Å². The average molecular weight is 653 g/mol. The number of pyridine rings is 2. The lowest BCUT2D eigenvalue weighted by atomic mass is 10.1. The van der Waals surface area contributed by atoms with Crippen LogP contribution in [0.25, 0.3) is 43.6 Å². The molecule has 4 aromatic heterocycles. The summed E-state index contributed by atoms with van der Waals surface area (Å²) in [6.07, 6.45) is 16.3. The average Bonchev–Trinajstić information content (AvgIpc) is 3.60. The van der Waals surface area contributed by atoms with Crippen LogP contribution in [-0.4, -0.2) is 32.2 Å². The zero-order valence-electron chi connectivity index (χ0n) is 28.4. The van der Waals surface area contributed by atoms with Crippen LogP contribution in [0.4, 0.5) is 0 Å². The van der Waals surface area contributed by atoms with Crippen molar-refractivity contribution in [3.05, 3.63) is 84.4 Å². The van der Waals surface area contributed by atoms with E-state index in [1.54, 1.807) is 0 Å². The summed E-state index contributed by atoms with van der Waals surface area (Å²) in [5.41, 5.74) is 7.59. The van der Waals surface area contributed by atoms with Gasteiger partial charge in [-0.15, -0.1) is 12.4 Å². The summed E-state index contributed by atoms with van der Waals surface area (Å²) in [5.74, 6) is 0. The van der Waals surface area contributed by atoms with Crippen LogP contribution in [0.2, 0.25) is 0 Å². The molecule has 0 aliphatic carbocycles. The van der Waals surface area contributed by atoms with Crippen molar-refractivity contribution in [1.29, 1.82) is 0 Å². The van der Waals surface area contributed by atoms with E-state index in [0.29, 0.717) is 0 Å². The van der Waals surface area contributed by atoms with Crippen molar-refractivity contribution in [2.75, 3.05) is 13.1 Å². The van der Waals surface area contributed by atoms with Gasteiger partial charge in [0.1, 0.15) is 0 Å². The van der Waals surface area contributed by atoms with Crippen LogP contribution in [0, 0.1) is 0 Å². The number of hydrogen-bond donors (Lipinski definition) is 2. The van der Waals surface area contributed by atoms with Crippen molar-refractivity contribution in [2.45, 2.75) is 104 Å². The molecule has 7 heteroatoms. The SMILES string of the molecule is CCCCCCn1c2ccccc2c2ccnc(CNCCCCNCc3nccc4c5ccccc5n(CCCCCC)c34)c21.Cl. The summed E-state index contributed by atoms with van der Waals surface area (Å²) in [6, 6.07) is 22.1. The van der Waals surface area contributed by atoms with Crippen molar-refractivity contribution in [3.8, 4) is 0 Å². The van der Waals surface area contributed by atoms with E-state index in [-0.39, 0.29) is 12.4 Å². The maximum atomic E-state index is 4.86. The van der Waals surface area contributed by atoms with Gasteiger partial charge in [-0.25, -0.2) is 0 Å². The number of unbranched alkanes of at least 4 members (excludes halogenated alkanes) is 7. The largest absolute Gasteiger partial charge is 0.339 e. The van der Waals surface area contributed by atoms with Crippen LogP contribution in [0.3, 0.4) is 0 Å². The van der Waals surface area contributed by atoms with E-state index in [1.807, 2.05) is 12.4 Å². The molecule has 0 aliphatic rings. The quantitative estimate of drug-likeness (QED) is 0.0855.